The maximum Gasteiger partial charge on any atom is 0.330 e. The molecule has 0 aliphatic heterocycles. The fraction of sp³-hybridized carbons (Fsp3) is 0.300. The van der Waals surface area contributed by atoms with Gasteiger partial charge in [-0.05, 0) is 19.1 Å². The van der Waals surface area contributed by atoms with Gasteiger partial charge in [0.25, 0.3) is 0 Å². The lowest BCUT2D eigenvalue weighted by atomic mass is 10.2. The molecule has 90 valence electrons. The average Bonchev–Trinajstić information content (AvgIpc) is 2.86. The lowest BCUT2D eigenvalue weighted by molar-refractivity contribution is -0.384. The van der Waals surface area contributed by atoms with Crippen LogP contribution < -0.4 is 5.32 Å². The Morgan fingerprint density at radius 3 is 3.00 bits per heavy atom. The molecule has 7 heteroatoms. The number of furan rings is 1. The van der Waals surface area contributed by atoms with Gasteiger partial charge in [-0.2, -0.15) is 0 Å². The van der Waals surface area contributed by atoms with E-state index in [4.69, 9.17) is 4.42 Å². The standard InChI is InChI=1S/C10H12N4O3/c1-7(9-4-3-5-17-9)11-10-8(14(15)16)6-13(2)12-10/h3-7H,1-2H3,(H,11,12). The van der Waals surface area contributed by atoms with E-state index in [9.17, 15) is 10.1 Å². The van der Waals surface area contributed by atoms with Crippen LogP contribution in [0.1, 0.15) is 18.7 Å². The van der Waals surface area contributed by atoms with Crippen molar-refractivity contribution in [3.05, 3.63) is 40.5 Å². The van der Waals surface area contributed by atoms with E-state index in [1.807, 2.05) is 6.92 Å². The molecule has 0 radical (unpaired) electrons. The summed E-state index contributed by atoms with van der Waals surface area (Å²) < 4.78 is 6.61. The molecule has 0 fully saturated rings. The van der Waals surface area contributed by atoms with E-state index in [1.165, 1.54) is 10.9 Å². The number of rotatable bonds is 4. The van der Waals surface area contributed by atoms with Crippen LogP contribution in [0.4, 0.5) is 11.5 Å². The van der Waals surface area contributed by atoms with Gasteiger partial charge in [-0.15, -0.1) is 5.10 Å². The Kier molecular flexibility index (Phi) is 2.82. The normalized spacial score (nSPS) is 12.4. The number of nitrogens with zero attached hydrogens (tertiary/aromatic N) is 3. The fourth-order valence-electron chi connectivity index (χ4n) is 1.53. The third-order valence-corrected chi connectivity index (χ3v) is 2.33. The summed E-state index contributed by atoms with van der Waals surface area (Å²) in [5.74, 6) is 0.936. The van der Waals surface area contributed by atoms with Gasteiger partial charge in [0.15, 0.2) is 0 Å². The first-order valence-electron chi connectivity index (χ1n) is 5.06. The second-order valence-electron chi connectivity index (χ2n) is 3.68. The number of nitrogens with one attached hydrogen (secondary N) is 1. The molecule has 17 heavy (non-hydrogen) atoms. The van der Waals surface area contributed by atoms with Crippen LogP contribution in [-0.4, -0.2) is 14.7 Å². The minimum atomic E-state index is -0.468. The molecule has 0 aliphatic carbocycles. The average molecular weight is 236 g/mol. The van der Waals surface area contributed by atoms with Crippen LogP contribution in [0.25, 0.3) is 0 Å². The molecule has 0 amide bonds. The molecule has 0 aromatic carbocycles. The first-order chi connectivity index (χ1) is 8.08. The smallest absolute Gasteiger partial charge is 0.330 e. The molecule has 2 heterocycles. The van der Waals surface area contributed by atoms with Crippen molar-refractivity contribution in [3.8, 4) is 0 Å². The Morgan fingerprint density at radius 1 is 1.65 bits per heavy atom. The van der Waals surface area contributed by atoms with Crippen LogP contribution in [0.2, 0.25) is 0 Å². The molecule has 0 saturated heterocycles. The highest BCUT2D eigenvalue weighted by Gasteiger charge is 2.21. The topological polar surface area (TPSA) is 86.1 Å². The summed E-state index contributed by atoms with van der Waals surface area (Å²) in [4.78, 5) is 10.3. The third kappa shape index (κ3) is 2.27. The summed E-state index contributed by atoms with van der Waals surface area (Å²) >= 11 is 0. The van der Waals surface area contributed by atoms with Crippen LogP contribution in [0, 0.1) is 10.1 Å². The van der Waals surface area contributed by atoms with E-state index in [1.54, 1.807) is 25.4 Å². The van der Waals surface area contributed by atoms with Gasteiger partial charge in [-0.1, -0.05) is 0 Å². The molecule has 2 aromatic heterocycles. The number of anilines is 1. The summed E-state index contributed by atoms with van der Waals surface area (Å²) in [5.41, 5.74) is -0.0501. The van der Waals surface area contributed by atoms with Gasteiger partial charge in [0.05, 0.1) is 17.2 Å². The number of hydrogen-bond acceptors (Lipinski definition) is 5. The second-order valence-corrected chi connectivity index (χ2v) is 3.68. The third-order valence-electron chi connectivity index (χ3n) is 2.33. The number of hydrogen-bond donors (Lipinski definition) is 1. The Labute approximate surface area is 97.2 Å². The SMILES string of the molecule is CC(Nc1nn(C)cc1[N+](=O)[O-])c1ccco1. The van der Waals surface area contributed by atoms with E-state index in [-0.39, 0.29) is 17.5 Å². The summed E-state index contributed by atoms with van der Waals surface area (Å²) in [6.45, 7) is 1.84. The Balaban J connectivity index is 2.21. The van der Waals surface area contributed by atoms with Gasteiger partial charge < -0.3 is 9.73 Å². The van der Waals surface area contributed by atoms with Crippen LogP contribution >= 0.6 is 0 Å². The van der Waals surface area contributed by atoms with Crippen LogP contribution in [0.3, 0.4) is 0 Å². The molecule has 2 rings (SSSR count). The highest BCUT2D eigenvalue weighted by molar-refractivity contribution is 5.55. The lowest BCUT2D eigenvalue weighted by Gasteiger charge is -2.09. The predicted molar refractivity (Wildman–Crippen MR) is 60.6 cm³/mol. The molecule has 1 N–H and O–H groups in total. The summed E-state index contributed by atoms with van der Waals surface area (Å²) in [5, 5.41) is 17.7. The molecule has 0 saturated carbocycles. The van der Waals surface area contributed by atoms with Crippen LogP contribution in [0.15, 0.2) is 29.0 Å². The highest BCUT2D eigenvalue weighted by Crippen LogP contribution is 2.26. The zero-order chi connectivity index (χ0) is 12.4. The van der Waals surface area contributed by atoms with Crippen LogP contribution in [0.5, 0.6) is 0 Å². The first-order valence-corrected chi connectivity index (χ1v) is 5.06. The number of aryl methyl sites for hydroxylation is 1. The first kappa shape index (κ1) is 11.2. The molecule has 0 aliphatic rings. The van der Waals surface area contributed by atoms with Crippen molar-refractivity contribution < 1.29 is 9.34 Å². The zero-order valence-corrected chi connectivity index (χ0v) is 9.45. The van der Waals surface area contributed by atoms with E-state index >= 15 is 0 Å². The summed E-state index contributed by atoms with van der Waals surface area (Å²) in [7, 11) is 1.63. The van der Waals surface area contributed by atoms with Gasteiger partial charge in [0, 0.05) is 7.05 Å². The number of nitro groups is 1. The van der Waals surface area contributed by atoms with E-state index in [2.05, 4.69) is 10.4 Å². The van der Waals surface area contributed by atoms with E-state index in [0.29, 0.717) is 5.76 Å². The van der Waals surface area contributed by atoms with Gasteiger partial charge in [0.1, 0.15) is 12.0 Å². The van der Waals surface area contributed by atoms with Crippen molar-refractivity contribution in [3.63, 3.8) is 0 Å². The van der Waals surface area contributed by atoms with Crippen LogP contribution in [-0.2, 0) is 7.05 Å². The number of aromatic nitrogens is 2. The minimum absolute atomic E-state index is 0.0501. The highest BCUT2D eigenvalue weighted by atomic mass is 16.6. The minimum Gasteiger partial charge on any atom is -0.467 e. The zero-order valence-electron chi connectivity index (χ0n) is 9.45. The molecule has 2 aromatic rings. The van der Waals surface area contributed by atoms with Crippen molar-refractivity contribution in [1.29, 1.82) is 0 Å². The van der Waals surface area contributed by atoms with Gasteiger partial charge in [-0.3, -0.25) is 14.8 Å². The Hall–Kier alpha value is -2.31. The Bertz CT molecular complexity index is 518. The Morgan fingerprint density at radius 2 is 2.41 bits per heavy atom. The molecule has 0 bridgehead atoms. The largest absolute Gasteiger partial charge is 0.467 e. The maximum absolute atomic E-state index is 10.8. The van der Waals surface area contributed by atoms with Crippen molar-refractivity contribution in [2.75, 3.05) is 5.32 Å². The van der Waals surface area contributed by atoms with E-state index < -0.39 is 4.92 Å². The van der Waals surface area contributed by atoms with Crippen molar-refractivity contribution in [1.82, 2.24) is 9.78 Å². The molecular weight excluding hydrogens is 224 g/mol. The molecule has 1 atom stereocenters. The summed E-state index contributed by atoms with van der Waals surface area (Å²) in [6, 6.07) is 3.38. The van der Waals surface area contributed by atoms with Crippen molar-refractivity contribution in [2.45, 2.75) is 13.0 Å². The fourth-order valence-corrected chi connectivity index (χ4v) is 1.53. The van der Waals surface area contributed by atoms with Gasteiger partial charge in [0.2, 0.25) is 5.82 Å². The summed E-state index contributed by atoms with van der Waals surface area (Å²) in [6.07, 6.45) is 2.91. The van der Waals surface area contributed by atoms with Crippen molar-refractivity contribution in [2.24, 2.45) is 7.05 Å². The maximum atomic E-state index is 10.8. The molecule has 1 unspecified atom stereocenters. The molecular formula is C10H12N4O3. The molecule has 7 nitrogen and oxygen atoms in total. The second kappa shape index (κ2) is 4.28. The van der Waals surface area contributed by atoms with E-state index in [0.717, 1.165) is 0 Å². The van der Waals surface area contributed by atoms with Gasteiger partial charge in [-0.25, -0.2) is 0 Å². The monoisotopic (exact) mass is 236 g/mol. The quantitative estimate of drug-likeness (QED) is 0.648. The van der Waals surface area contributed by atoms with Gasteiger partial charge >= 0.3 is 5.69 Å². The lowest BCUT2D eigenvalue weighted by Crippen LogP contribution is -2.07. The van der Waals surface area contributed by atoms with Crippen molar-refractivity contribution >= 4 is 11.5 Å². The molecule has 0 spiro atoms. The predicted octanol–water partition coefficient (Wildman–Crippen LogP) is 2.09.